The first-order valence-electron chi connectivity index (χ1n) is 6.62. The maximum Gasteiger partial charge on any atom is 0.106 e. The van der Waals surface area contributed by atoms with E-state index in [4.69, 9.17) is 4.74 Å². The standard InChI is InChI=1S/C14H17BrN4O/c1-9-12(8-17-19(9)2)14-13(3-4-20-14)18-11-5-10(15)6-16-7-11/h5-8,13-14,18H,3-4H2,1-2H3/t13-,14+/m0/s1. The first kappa shape index (κ1) is 13.6. The molecule has 2 atom stereocenters. The molecule has 1 N–H and O–H groups in total. The lowest BCUT2D eigenvalue weighted by Crippen LogP contribution is -2.23. The highest BCUT2D eigenvalue weighted by atomic mass is 79.9. The Bertz CT molecular complexity index is 613. The summed E-state index contributed by atoms with van der Waals surface area (Å²) in [5.41, 5.74) is 3.31. The van der Waals surface area contributed by atoms with E-state index in [9.17, 15) is 0 Å². The lowest BCUT2D eigenvalue weighted by molar-refractivity contribution is 0.107. The summed E-state index contributed by atoms with van der Waals surface area (Å²) in [5.74, 6) is 0. The molecule has 20 heavy (non-hydrogen) atoms. The quantitative estimate of drug-likeness (QED) is 0.936. The van der Waals surface area contributed by atoms with Crippen LogP contribution in [0.2, 0.25) is 0 Å². The summed E-state index contributed by atoms with van der Waals surface area (Å²) in [6, 6.07) is 2.27. The zero-order chi connectivity index (χ0) is 14.1. The van der Waals surface area contributed by atoms with Crippen LogP contribution >= 0.6 is 15.9 Å². The number of hydrogen-bond acceptors (Lipinski definition) is 4. The molecule has 0 spiro atoms. The minimum Gasteiger partial charge on any atom is -0.378 e. The number of nitrogens with zero attached hydrogens (tertiary/aromatic N) is 3. The van der Waals surface area contributed by atoms with E-state index in [0.717, 1.165) is 34.4 Å². The third-order valence-electron chi connectivity index (χ3n) is 3.73. The summed E-state index contributed by atoms with van der Waals surface area (Å²) in [5, 5.41) is 7.82. The van der Waals surface area contributed by atoms with Crippen molar-refractivity contribution in [2.45, 2.75) is 25.5 Å². The van der Waals surface area contributed by atoms with E-state index in [1.54, 1.807) is 6.20 Å². The molecule has 1 saturated heterocycles. The van der Waals surface area contributed by atoms with Gasteiger partial charge in [-0.2, -0.15) is 5.10 Å². The predicted octanol–water partition coefficient (Wildman–Crippen LogP) is 2.83. The third kappa shape index (κ3) is 2.58. The highest BCUT2D eigenvalue weighted by molar-refractivity contribution is 9.10. The van der Waals surface area contributed by atoms with Gasteiger partial charge in [-0.15, -0.1) is 0 Å². The molecule has 1 aliphatic rings. The monoisotopic (exact) mass is 336 g/mol. The summed E-state index contributed by atoms with van der Waals surface area (Å²) in [6.45, 7) is 2.83. The van der Waals surface area contributed by atoms with E-state index in [1.165, 1.54) is 0 Å². The van der Waals surface area contributed by atoms with Crippen LogP contribution in [0.4, 0.5) is 5.69 Å². The number of anilines is 1. The van der Waals surface area contributed by atoms with E-state index >= 15 is 0 Å². The average molecular weight is 337 g/mol. The molecule has 0 bridgehead atoms. The van der Waals surface area contributed by atoms with Gasteiger partial charge < -0.3 is 10.1 Å². The second kappa shape index (κ2) is 5.54. The van der Waals surface area contributed by atoms with Crippen LogP contribution in [0.3, 0.4) is 0 Å². The van der Waals surface area contributed by atoms with Crippen LogP contribution in [0.5, 0.6) is 0 Å². The van der Waals surface area contributed by atoms with Gasteiger partial charge in [-0.05, 0) is 35.3 Å². The fourth-order valence-electron chi connectivity index (χ4n) is 2.54. The van der Waals surface area contributed by atoms with Crippen LogP contribution in [0.15, 0.2) is 29.1 Å². The summed E-state index contributed by atoms with van der Waals surface area (Å²) < 4.78 is 8.75. The van der Waals surface area contributed by atoms with E-state index in [2.05, 4.69) is 38.3 Å². The average Bonchev–Trinajstić information content (AvgIpc) is 2.98. The van der Waals surface area contributed by atoms with Crippen molar-refractivity contribution >= 4 is 21.6 Å². The number of aromatic nitrogens is 3. The second-order valence-electron chi connectivity index (χ2n) is 5.03. The van der Waals surface area contributed by atoms with Gasteiger partial charge in [-0.1, -0.05) is 0 Å². The molecular formula is C14H17BrN4O. The van der Waals surface area contributed by atoms with Crippen LogP contribution in [-0.2, 0) is 11.8 Å². The van der Waals surface area contributed by atoms with Crippen LogP contribution in [0, 0.1) is 6.92 Å². The number of ether oxygens (including phenoxy) is 1. The number of pyridine rings is 1. The predicted molar refractivity (Wildman–Crippen MR) is 80.6 cm³/mol. The summed E-state index contributed by atoms with van der Waals surface area (Å²) >= 11 is 3.44. The van der Waals surface area contributed by atoms with E-state index in [0.29, 0.717) is 0 Å². The molecule has 2 aromatic heterocycles. The van der Waals surface area contributed by atoms with Gasteiger partial charge in [-0.25, -0.2) is 0 Å². The minimum absolute atomic E-state index is 0.0441. The van der Waals surface area contributed by atoms with Crippen molar-refractivity contribution < 1.29 is 4.74 Å². The molecule has 5 nitrogen and oxygen atoms in total. The second-order valence-corrected chi connectivity index (χ2v) is 5.95. The summed E-state index contributed by atoms with van der Waals surface area (Å²) in [6.07, 6.45) is 6.53. The van der Waals surface area contributed by atoms with Gasteiger partial charge in [0.1, 0.15) is 6.10 Å². The molecule has 1 aliphatic heterocycles. The molecule has 2 aromatic rings. The zero-order valence-corrected chi connectivity index (χ0v) is 13.1. The molecule has 1 fully saturated rings. The lowest BCUT2D eigenvalue weighted by atomic mass is 10.0. The van der Waals surface area contributed by atoms with Gasteiger partial charge in [0.25, 0.3) is 0 Å². The van der Waals surface area contributed by atoms with Gasteiger partial charge in [0.2, 0.25) is 0 Å². The number of hydrogen-bond donors (Lipinski definition) is 1. The van der Waals surface area contributed by atoms with E-state index < -0.39 is 0 Å². The molecule has 0 amide bonds. The Morgan fingerprint density at radius 1 is 1.40 bits per heavy atom. The molecule has 0 aromatic carbocycles. The van der Waals surface area contributed by atoms with Crippen molar-refractivity contribution in [1.82, 2.24) is 14.8 Å². The Morgan fingerprint density at radius 2 is 2.25 bits per heavy atom. The Morgan fingerprint density at radius 3 is 2.95 bits per heavy atom. The van der Waals surface area contributed by atoms with Gasteiger partial charge in [0.05, 0.1) is 24.1 Å². The van der Waals surface area contributed by atoms with Crippen LogP contribution < -0.4 is 5.32 Å². The summed E-state index contributed by atoms with van der Waals surface area (Å²) in [4.78, 5) is 4.18. The molecule has 3 heterocycles. The maximum atomic E-state index is 5.90. The van der Waals surface area contributed by atoms with Crippen molar-refractivity contribution in [3.05, 3.63) is 40.4 Å². The summed E-state index contributed by atoms with van der Waals surface area (Å²) in [7, 11) is 1.95. The fourth-order valence-corrected chi connectivity index (χ4v) is 2.91. The SMILES string of the molecule is Cc1c([C@H]2OCC[C@@H]2Nc2cncc(Br)c2)cnn1C. The van der Waals surface area contributed by atoms with Crippen molar-refractivity contribution in [2.24, 2.45) is 7.05 Å². The minimum atomic E-state index is 0.0441. The third-order valence-corrected chi connectivity index (χ3v) is 4.16. The number of nitrogens with one attached hydrogen (secondary N) is 1. The van der Waals surface area contributed by atoms with E-state index in [-0.39, 0.29) is 12.1 Å². The van der Waals surface area contributed by atoms with Crippen LogP contribution in [0.25, 0.3) is 0 Å². The maximum absolute atomic E-state index is 5.90. The first-order valence-corrected chi connectivity index (χ1v) is 7.41. The smallest absolute Gasteiger partial charge is 0.106 e. The first-order chi connectivity index (χ1) is 9.65. The molecule has 0 unspecified atom stereocenters. The number of aryl methyl sites for hydroxylation is 1. The number of halogens is 1. The topological polar surface area (TPSA) is 52.0 Å². The van der Waals surface area contributed by atoms with Gasteiger partial charge in [-0.3, -0.25) is 9.67 Å². The molecule has 0 aliphatic carbocycles. The Balaban J connectivity index is 1.81. The Kier molecular flexibility index (Phi) is 3.76. The molecule has 6 heteroatoms. The Hall–Kier alpha value is -1.40. The van der Waals surface area contributed by atoms with Crippen LogP contribution in [-0.4, -0.2) is 27.4 Å². The molecular weight excluding hydrogens is 320 g/mol. The fraction of sp³-hybridized carbons (Fsp3) is 0.429. The highest BCUT2D eigenvalue weighted by Crippen LogP contribution is 2.33. The van der Waals surface area contributed by atoms with Gasteiger partial charge in [0, 0.05) is 35.6 Å². The van der Waals surface area contributed by atoms with Crippen molar-refractivity contribution in [1.29, 1.82) is 0 Å². The molecule has 3 rings (SSSR count). The van der Waals surface area contributed by atoms with Gasteiger partial charge in [0.15, 0.2) is 0 Å². The van der Waals surface area contributed by atoms with Crippen molar-refractivity contribution in [3.8, 4) is 0 Å². The number of rotatable bonds is 3. The van der Waals surface area contributed by atoms with Gasteiger partial charge >= 0.3 is 0 Å². The highest BCUT2D eigenvalue weighted by Gasteiger charge is 2.32. The zero-order valence-electron chi connectivity index (χ0n) is 11.5. The lowest BCUT2D eigenvalue weighted by Gasteiger charge is -2.20. The Labute approximate surface area is 126 Å². The largest absolute Gasteiger partial charge is 0.378 e. The molecule has 0 saturated carbocycles. The molecule has 0 radical (unpaired) electrons. The van der Waals surface area contributed by atoms with Crippen molar-refractivity contribution in [2.75, 3.05) is 11.9 Å². The van der Waals surface area contributed by atoms with Crippen molar-refractivity contribution in [3.63, 3.8) is 0 Å². The molecule has 106 valence electrons. The van der Waals surface area contributed by atoms with Crippen LogP contribution in [0.1, 0.15) is 23.8 Å². The van der Waals surface area contributed by atoms with E-state index in [1.807, 2.05) is 30.2 Å². The normalized spacial score (nSPS) is 22.1.